The smallest absolute Gasteiger partial charge is 0.307 e. The Morgan fingerprint density at radius 3 is 1.64 bits per heavy atom. The number of hydrogen-bond donors (Lipinski definition) is 5. The van der Waals surface area contributed by atoms with Crippen LogP contribution in [0, 0.1) is 15.6 Å². The Labute approximate surface area is 185 Å². The Morgan fingerprint density at radius 2 is 1.18 bits per heavy atom. The fraction of sp³-hybridized carbons (Fsp3) is 0.800. The first-order valence-electron chi connectivity index (χ1n) is 9.37. The molecule has 5 N–H and O–H groups in total. The molecule has 5 unspecified atom stereocenters. The maximum Gasteiger partial charge on any atom is 0.307 e. The molecular formula is C15H24N3O15-3. The molecule has 0 amide bonds. The van der Waals surface area contributed by atoms with Crippen LogP contribution in [0.3, 0.4) is 0 Å². The number of nitrogens with zero attached hydrogens (tertiary/aromatic N) is 3. The van der Waals surface area contributed by atoms with Gasteiger partial charge in [-0.3, -0.25) is 30.1 Å². The molecule has 0 radical (unpaired) electrons. The standard InChI is InChI=1S/C15H24N3O15/c19-9(1-4-16(24)25)30-7-8-13(32-10(20)2-5-17(26)27)12(22)14(15(23)31-8)33-11(21)3-6-18(28)29/h8,12-15,22-24,26,28H,1-7H2/q-3. The van der Waals surface area contributed by atoms with Gasteiger partial charge in [0.2, 0.25) is 0 Å². The van der Waals surface area contributed by atoms with Gasteiger partial charge < -0.3 is 60.4 Å². The minimum Gasteiger partial charge on any atom is -0.762 e. The van der Waals surface area contributed by atoms with Gasteiger partial charge in [0.25, 0.3) is 0 Å². The van der Waals surface area contributed by atoms with E-state index in [9.17, 15) is 40.2 Å². The summed E-state index contributed by atoms with van der Waals surface area (Å²) in [4.78, 5) is 35.3. The minimum atomic E-state index is -2.01. The van der Waals surface area contributed by atoms with Gasteiger partial charge in [-0.25, -0.2) is 0 Å². The van der Waals surface area contributed by atoms with Crippen LogP contribution in [0.1, 0.15) is 19.3 Å². The molecule has 1 rings (SSSR count). The molecule has 0 aromatic carbocycles. The molecule has 1 saturated heterocycles. The van der Waals surface area contributed by atoms with Crippen molar-refractivity contribution in [3.8, 4) is 0 Å². The van der Waals surface area contributed by atoms with Gasteiger partial charge in [0.15, 0.2) is 18.5 Å². The van der Waals surface area contributed by atoms with Gasteiger partial charge in [0.1, 0.15) is 18.8 Å². The number of hydrogen-bond acceptors (Lipinski definition) is 18. The van der Waals surface area contributed by atoms with Crippen LogP contribution in [-0.2, 0) is 33.3 Å². The van der Waals surface area contributed by atoms with Crippen molar-refractivity contribution in [3.63, 3.8) is 0 Å². The van der Waals surface area contributed by atoms with Crippen LogP contribution in [0.25, 0.3) is 0 Å². The number of ether oxygens (including phenoxy) is 4. The quantitative estimate of drug-likeness (QED) is 0.0996. The zero-order valence-electron chi connectivity index (χ0n) is 17.0. The molecule has 33 heavy (non-hydrogen) atoms. The molecule has 0 aromatic heterocycles. The predicted octanol–water partition coefficient (Wildman–Crippen LogP) is -2.83. The number of hydroxylamine groups is 6. The molecule has 0 aromatic rings. The van der Waals surface area contributed by atoms with E-state index in [1.807, 2.05) is 0 Å². The Hall–Kier alpha value is -2.07. The highest BCUT2D eigenvalue weighted by Gasteiger charge is 2.49. The lowest BCUT2D eigenvalue weighted by molar-refractivity contribution is -0.294. The highest BCUT2D eigenvalue weighted by molar-refractivity contribution is 5.71. The topological polar surface area (TPSA) is 268 Å². The molecule has 1 fully saturated rings. The van der Waals surface area contributed by atoms with E-state index in [0.717, 1.165) is 0 Å². The average molecular weight is 486 g/mol. The second kappa shape index (κ2) is 14.2. The minimum absolute atomic E-state index is 0.515. The molecule has 192 valence electrons. The van der Waals surface area contributed by atoms with Crippen molar-refractivity contribution in [1.82, 2.24) is 15.7 Å². The molecule has 18 heteroatoms. The molecule has 0 spiro atoms. The summed E-state index contributed by atoms with van der Waals surface area (Å²) in [5.74, 6) is -3.26. The van der Waals surface area contributed by atoms with E-state index in [4.69, 9.17) is 34.6 Å². The first-order valence-corrected chi connectivity index (χ1v) is 9.37. The molecule has 0 bridgehead atoms. The summed E-state index contributed by atoms with van der Waals surface area (Å²) >= 11 is 0. The molecule has 1 aliphatic heterocycles. The van der Waals surface area contributed by atoms with Crippen LogP contribution in [0.2, 0.25) is 0 Å². The van der Waals surface area contributed by atoms with Crippen molar-refractivity contribution in [2.75, 3.05) is 26.2 Å². The highest BCUT2D eigenvalue weighted by Crippen LogP contribution is 2.26. The second-order valence-corrected chi connectivity index (χ2v) is 6.62. The number of esters is 3. The Kier molecular flexibility index (Phi) is 12.5. The molecule has 1 aliphatic rings. The summed E-state index contributed by atoms with van der Waals surface area (Å²) in [6.07, 6.45) is -10.8. The lowest BCUT2D eigenvalue weighted by atomic mass is 9.98. The summed E-state index contributed by atoms with van der Waals surface area (Å²) in [5, 5.41) is 76.0. The van der Waals surface area contributed by atoms with Crippen molar-refractivity contribution in [2.24, 2.45) is 0 Å². The number of aliphatic hydroxyl groups is 2. The Morgan fingerprint density at radius 1 is 0.758 bits per heavy atom. The Balaban J connectivity index is 2.86. The molecular weight excluding hydrogens is 462 g/mol. The summed E-state index contributed by atoms with van der Waals surface area (Å²) < 4.78 is 19.7. The third kappa shape index (κ3) is 11.1. The maximum absolute atomic E-state index is 11.9. The SMILES string of the molecule is O=C(CCN([O-])O)OCC1OC(O)C(OC(=O)CCN([O-])O)C(O)C1OC(=O)CCN([O-])O. The average Bonchev–Trinajstić information content (AvgIpc) is 2.72. The lowest BCUT2D eigenvalue weighted by Crippen LogP contribution is -2.61. The van der Waals surface area contributed by atoms with Crippen LogP contribution in [0.4, 0.5) is 0 Å². The monoisotopic (exact) mass is 486 g/mol. The largest absolute Gasteiger partial charge is 0.762 e. The van der Waals surface area contributed by atoms with Gasteiger partial charge in [-0.15, -0.1) is 0 Å². The van der Waals surface area contributed by atoms with E-state index >= 15 is 0 Å². The van der Waals surface area contributed by atoms with Gasteiger partial charge in [0, 0.05) is 19.6 Å². The fourth-order valence-corrected chi connectivity index (χ4v) is 2.55. The van der Waals surface area contributed by atoms with Gasteiger partial charge in [-0.05, 0) is 0 Å². The third-order valence-electron chi connectivity index (χ3n) is 4.10. The van der Waals surface area contributed by atoms with E-state index in [-0.39, 0.29) is 0 Å². The first-order chi connectivity index (χ1) is 15.4. The summed E-state index contributed by atoms with van der Waals surface area (Å²) in [7, 11) is 0. The van der Waals surface area contributed by atoms with Crippen molar-refractivity contribution < 1.29 is 59.2 Å². The zero-order valence-corrected chi connectivity index (χ0v) is 17.0. The summed E-state index contributed by atoms with van der Waals surface area (Å²) in [5.41, 5.74) is 0. The van der Waals surface area contributed by atoms with Crippen molar-refractivity contribution in [3.05, 3.63) is 15.6 Å². The van der Waals surface area contributed by atoms with Crippen LogP contribution < -0.4 is 0 Å². The van der Waals surface area contributed by atoms with Crippen molar-refractivity contribution in [1.29, 1.82) is 0 Å². The maximum atomic E-state index is 11.9. The molecule has 0 saturated carbocycles. The van der Waals surface area contributed by atoms with E-state index in [1.165, 1.54) is 0 Å². The van der Waals surface area contributed by atoms with Crippen molar-refractivity contribution >= 4 is 17.9 Å². The van der Waals surface area contributed by atoms with Gasteiger partial charge in [0.05, 0.1) is 19.3 Å². The first kappa shape index (κ1) is 29.0. The second-order valence-electron chi connectivity index (χ2n) is 6.62. The van der Waals surface area contributed by atoms with Gasteiger partial charge in [-0.2, -0.15) is 0 Å². The summed E-state index contributed by atoms with van der Waals surface area (Å²) in [6, 6.07) is 0. The molecule has 5 atom stereocenters. The normalized spacial score (nSPS) is 25.4. The van der Waals surface area contributed by atoms with E-state index in [1.54, 1.807) is 0 Å². The van der Waals surface area contributed by atoms with Crippen molar-refractivity contribution in [2.45, 2.75) is 50.0 Å². The molecule has 18 nitrogen and oxygen atoms in total. The fourth-order valence-electron chi connectivity index (χ4n) is 2.55. The molecule has 1 heterocycles. The molecule has 0 aliphatic carbocycles. The number of rotatable bonds is 13. The zero-order chi connectivity index (χ0) is 25.1. The number of aliphatic hydroxyl groups excluding tert-OH is 2. The Bertz CT molecular complexity index is 632. The van der Waals surface area contributed by atoms with Crippen LogP contribution >= 0.6 is 0 Å². The van der Waals surface area contributed by atoms with Gasteiger partial charge in [-0.1, -0.05) is 0 Å². The van der Waals surface area contributed by atoms with Crippen LogP contribution in [-0.4, -0.2) is 116 Å². The lowest BCUT2D eigenvalue weighted by Gasteiger charge is -2.41. The van der Waals surface area contributed by atoms with E-state index in [2.05, 4.69) is 0 Å². The van der Waals surface area contributed by atoms with E-state index < -0.39 is 110 Å². The van der Waals surface area contributed by atoms with Crippen LogP contribution in [0.15, 0.2) is 0 Å². The van der Waals surface area contributed by atoms with Gasteiger partial charge >= 0.3 is 17.9 Å². The third-order valence-corrected chi connectivity index (χ3v) is 4.10. The van der Waals surface area contributed by atoms with Crippen LogP contribution in [0.5, 0.6) is 0 Å². The predicted molar refractivity (Wildman–Crippen MR) is 97.0 cm³/mol. The van der Waals surface area contributed by atoms with E-state index in [0.29, 0.717) is 0 Å². The number of carbonyl (C=O) groups excluding carboxylic acids is 3. The number of carbonyl (C=O) groups is 3. The highest BCUT2D eigenvalue weighted by atomic mass is 16.8. The summed E-state index contributed by atoms with van der Waals surface area (Å²) in [6.45, 7) is -2.72.